The zero-order valence-electron chi connectivity index (χ0n) is 28.3. The summed E-state index contributed by atoms with van der Waals surface area (Å²) < 4.78 is 6.50. The number of nitrogens with two attached hydrogens (primary N) is 2. The number of rotatable bonds is 12. The normalized spacial score (nSPS) is 11.5. The number of aromatic nitrogens is 8. The van der Waals surface area contributed by atoms with Crippen LogP contribution in [0.25, 0.3) is 22.1 Å². The quantitative estimate of drug-likeness (QED) is 0.118. The largest absolute Gasteiger partial charge is 0.506 e. The molecule has 0 aliphatic carbocycles. The molecular weight excluding hydrogens is 656 g/mol. The number of benzene rings is 2. The van der Waals surface area contributed by atoms with E-state index in [2.05, 4.69) is 30.8 Å². The number of aromatic hydroxyl groups is 1. The highest BCUT2D eigenvalue weighted by atomic mass is 16.3. The highest BCUT2D eigenvalue weighted by Gasteiger charge is 2.22. The number of allylic oxidation sites excluding steroid dienone is 2. The lowest BCUT2D eigenvalue weighted by molar-refractivity contribution is 0.0992. The van der Waals surface area contributed by atoms with Crippen molar-refractivity contribution in [2.45, 2.75) is 53.9 Å². The zero-order valence-corrected chi connectivity index (χ0v) is 28.3. The van der Waals surface area contributed by atoms with Crippen LogP contribution in [0, 0.1) is 13.8 Å². The Balaban J connectivity index is 1.34. The van der Waals surface area contributed by atoms with Crippen LogP contribution in [0.4, 0.5) is 11.9 Å². The number of nitrogens with zero attached hydrogens (tertiary/aromatic N) is 8. The second kappa shape index (κ2) is 13.6. The number of phenolic OH excluding ortho intramolecular Hbond substituents is 1. The number of anilines is 2. The summed E-state index contributed by atoms with van der Waals surface area (Å²) >= 11 is 0. The average molecular weight is 693 g/mol. The van der Waals surface area contributed by atoms with Crippen LogP contribution in [0.15, 0.2) is 54.6 Å². The van der Waals surface area contributed by atoms with Gasteiger partial charge < -0.3 is 25.7 Å². The van der Waals surface area contributed by atoms with Crippen molar-refractivity contribution in [3.8, 4) is 5.75 Å². The molecule has 17 heteroatoms. The lowest BCUT2D eigenvalue weighted by Crippen LogP contribution is -2.20. The first-order valence-electron chi connectivity index (χ1n) is 16.1. The summed E-state index contributed by atoms with van der Waals surface area (Å²) in [4.78, 5) is 59.7. The van der Waals surface area contributed by atoms with Gasteiger partial charge in [0, 0.05) is 37.3 Å². The van der Waals surface area contributed by atoms with Gasteiger partial charge in [0.2, 0.25) is 23.7 Å². The Labute approximate surface area is 290 Å². The Bertz CT molecular complexity index is 2390. The van der Waals surface area contributed by atoms with E-state index in [1.165, 1.54) is 12.1 Å². The van der Waals surface area contributed by atoms with Crippen LogP contribution in [-0.2, 0) is 26.2 Å². The third-order valence-corrected chi connectivity index (χ3v) is 8.20. The van der Waals surface area contributed by atoms with Gasteiger partial charge >= 0.3 is 0 Å². The van der Waals surface area contributed by atoms with Crippen LogP contribution in [0.1, 0.15) is 66.9 Å². The molecule has 7 N–H and O–H groups in total. The lowest BCUT2D eigenvalue weighted by Gasteiger charge is -2.11. The van der Waals surface area contributed by atoms with Crippen molar-refractivity contribution < 1.29 is 24.3 Å². The number of hydrogen-bond acceptors (Lipinski definition) is 9. The number of primary amides is 2. The van der Waals surface area contributed by atoms with Crippen molar-refractivity contribution in [1.29, 1.82) is 0 Å². The zero-order chi connectivity index (χ0) is 36.6. The third-order valence-electron chi connectivity index (χ3n) is 8.20. The first kappa shape index (κ1) is 34.1. The average Bonchev–Trinajstić information content (AvgIpc) is 3.85. The molecule has 0 saturated carbocycles. The van der Waals surface area contributed by atoms with Gasteiger partial charge in [0.15, 0.2) is 0 Å². The molecule has 2 aromatic carbocycles. The number of carbonyl (C=O) groups is 4. The lowest BCUT2D eigenvalue weighted by atomic mass is 10.1. The van der Waals surface area contributed by atoms with Gasteiger partial charge in [-0.1, -0.05) is 12.2 Å². The molecule has 4 heterocycles. The van der Waals surface area contributed by atoms with Gasteiger partial charge in [-0.05, 0) is 70.2 Å². The predicted octanol–water partition coefficient (Wildman–Crippen LogP) is 3.10. The highest BCUT2D eigenvalue weighted by molar-refractivity contribution is 6.05. The predicted molar refractivity (Wildman–Crippen MR) is 188 cm³/mol. The van der Waals surface area contributed by atoms with Crippen molar-refractivity contribution >= 4 is 57.6 Å². The number of carbonyl (C=O) groups excluding carboxylic acids is 4. The van der Waals surface area contributed by atoms with Gasteiger partial charge in [0.25, 0.3) is 11.8 Å². The Morgan fingerprint density at radius 2 is 1.24 bits per heavy atom. The molecule has 0 atom stereocenters. The molecule has 17 nitrogen and oxygen atoms in total. The van der Waals surface area contributed by atoms with Crippen LogP contribution in [0.5, 0.6) is 5.75 Å². The molecule has 4 aromatic heterocycles. The maximum Gasteiger partial charge on any atom is 0.276 e. The van der Waals surface area contributed by atoms with Gasteiger partial charge in [0.1, 0.15) is 22.7 Å². The summed E-state index contributed by atoms with van der Waals surface area (Å²) in [7, 11) is 0. The SMILES string of the molecule is CCn1nc(C)cc1C(=O)Nc1nc2cc(C(N)=O)ccc2n1CC=CCn1c(NC(=O)c2cc(C)nn2CC)nc2cc(C(N)=O)cc(O)c21. The van der Waals surface area contributed by atoms with E-state index < -0.39 is 23.6 Å². The van der Waals surface area contributed by atoms with Crippen LogP contribution in [-0.4, -0.2) is 67.4 Å². The fourth-order valence-electron chi connectivity index (χ4n) is 5.85. The molecule has 6 rings (SSSR count). The monoisotopic (exact) mass is 692 g/mol. The molecular formula is C34H36N12O5. The van der Waals surface area contributed by atoms with Crippen LogP contribution in [0.2, 0.25) is 0 Å². The fourth-order valence-corrected chi connectivity index (χ4v) is 5.85. The molecule has 0 aliphatic heterocycles. The van der Waals surface area contributed by atoms with Gasteiger partial charge in [-0.2, -0.15) is 10.2 Å². The number of fused-ring (bicyclic) bond motifs is 2. The van der Waals surface area contributed by atoms with E-state index in [0.29, 0.717) is 46.9 Å². The van der Waals surface area contributed by atoms with E-state index in [4.69, 9.17) is 11.5 Å². The van der Waals surface area contributed by atoms with E-state index in [1.807, 2.05) is 13.8 Å². The Morgan fingerprint density at radius 1 is 0.725 bits per heavy atom. The molecule has 0 radical (unpaired) electrons. The number of imidazole rings is 2. The third kappa shape index (κ3) is 6.63. The van der Waals surface area contributed by atoms with E-state index in [1.54, 1.807) is 74.8 Å². The summed E-state index contributed by atoms with van der Waals surface area (Å²) in [5, 5.41) is 25.3. The molecule has 6 aromatic rings. The standard InChI is InChI=1S/C34H36N12O5/c1-5-45-25(13-18(3)41-45)31(50)39-33-37-22-15-20(29(35)48)9-10-24(22)43(33)11-7-8-12-44-28-23(16-21(30(36)49)17-27(28)47)38-34(44)40-32(51)26-14-19(4)42-46(26)6-2/h7-10,13-17,47H,5-6,11-12H2,1-4H3,(H2,35,48)(H2,36,49)(H,37,39,50)(H,38,40,51). The fraction of sp³-hybridized carbons (Fsp3) is 0.235. The minimum Gasteiger partial charge on any atom is -0.506 e. The molecule has 4 amide bonds. The Kier molecular flexibility index (Phi) is 9.10. The molecule has 51 heavy (non-hydrogen) atoms. The molecule has 0 saturated heterocycles. The number of amides is 4. The second-order valence-electron chi connectivity index (χ2n) is 11.7. The van der Waals surface area contributed by atoms with Gasteiger partial charge in [-0.25, -0.2) is 9.97 Å². The minimum absolute atomic E-state index is 0.0518. The summed E-state index contributed by atoms with van der Waals surface area (Å²) in [6.07, 6.45) is 3.59. The van der Waals surface area contributed by atoms with Crippen molar-refractivity contribution in [2.75, 3.05) is 10.6 Å². The molecule has 262 valence electrons. The number of aryl methyl sites for hydroxylation is 4. The second-order valence-corrected chi connectivity index (χ2v) is 11.7. The van der Waals surface area contributed by atoms with Crippen molar-refractivity contribution in [3.05, 3.63) is 88.5 Å². The van der Waals surface area contributed by atoms with E-state index in [9.17, 15) is 24.3 Å². The molecule has 0 unspecified atom stereocenters. The molecule has 0 aliphatic rings. The van der Waals surface area contributed by atoms with E-state index in [0.717, 1.165) is 0 Å². The van der Waals surface area contributed by atoms with Crippen LogP contribution < -0.4 is 22.1 Å². The maximum absolute atomic E-state index is 13.4. The summed E-state index contributed by atoms with van der Waals surface area (Å²) in [5.74, 6) is -2.16. The Morgan fingerprint density at radius 3 is 1.78 bits per heavy atom. The number of nitrogens with one attached hydrogen (secondary N) is 2. The van der Waals surface area contributed by atoms with E-state index in [-0.39, 0.29) is 52.9 Å². The molecule has 0 fully saturated rings. The Hall–Kier alpha value is -6.78. The first-order valence-corrected chi connectivity index (χ1v) is 16.1. The molecule has 0 bridgehead atoms. The van der Waals surface area contributed by atoms with Gasteiger partial charge in [-0.3, -0.25) is 39.2 Å². The van der Waals surface area contributed by atoms with Crippen LogP contribution in [0.3, 0.4) is 0 Å². The van der Waals surface area contributed by atoms with Gasteiger partial charge in [-0.15, -0.1) is 0 Å². The summed E-state index contributed by atoms with van der Waals surface area (Å²) in [6.45, 7) is 8.63. The minimum atomic E-state index is -0.748. The topological polar surface area (TPSA) is 236 Å². The smallest absolute Gasteiger partial charge is 0.276 e. The van der Waals surface area contributed by atoms with Crippen molar-refractivity contribution in [3.63, 3.8) is 0 Å². The maximum atomic E-state index is 13.4. The van der Waals surface area contributed by atoms with E-state index >= 15 is 0 Å². The molecule has 0 spiro atoms. The highest BCUT2D eigenvalue weighted by Crippen LogP contribution is 2.30. The summed E-state index contributed by atoms with van der Waals surface area (Å²) in [6, 6.07) is 10.8. The van der Waals surface area contributed by atoms with Crippen molar-refractivity contribution in [1.82, 2.24) is 38.7 Å². The van der Waals surface area contributed by atoms with Crippen molar-refractivity contribution in [2.24, 2.45) is 11.5 Å². The number of phenols is 1. The number of hydrogen-bond donors (Lipinski definition) is 5. The van der Waals surface area contributed by atoms with Gasteiger partial charge in [0.05, 0.1) is 27.9 Å². The summed E-state index contributed by atoms with van der Waals surface area (Å²) in [5.41, 5.74) is 14.9. The first-order chi connectivity index (χ1) is 24.4. The van der Waals surface area contributed by atoms with Crippen LogP contribution >= 0.6 is 0 Å².